The first-order valence-corrected chi connectivity index (χ1v) is 2.94. The molecule has 1 aliphatic rings. The summed E-state index contributed by atoms with van der Waals surface area (Å²) in [6, 6.07) is 0.722. The Hall–Kier alpha value is -0.0400. The van der Waals surface area contributed by atoms with Gasteiger partial charge >= 0.3 is 0 Å². The minimum atomic E-state index is 0.722. The fraction of sp³-hybridized carbons (Fsp3) is 0.833. The van der Waals surface area contributed by atoms with E-state index in [9.17, 15) is 0 Å². The lowest BCUT2D eigenvalue weighted by Crippen LogP contribution is -2.20. The first-order valence-electron chi connectivity index (χ1n) is 2.94. The van der Waals surface area contributed by atoms with E-state index < -0.39 is 0 Å². The summed E-state index contributed by atoms with van der Waals surface area (Å²) in [5, 5.41) is 3.21. The summed E-state index contributed by atoms with van der Waals surface area (Å²) in [6.45, 7) is 0. The molecule has 1 saturated carbocycles. The van der Waals surface area contributed by atoms with E-state index in [1.165, 1.54) is 19.3 Å². The minimum Gasteiger partial charge on any atom is -0.317 e. The topological polar surface area (TPSA) is 12.0 Å². The van der Waals surface area contributed by atoms with E-state index in [4.69, 9.17) is 0 Å². The lowest BCUT2D eigenvalue weighted by atomic mass is 10.3. The largest absolute Gasteiger partial charge is 0.317 e. The van der Waals surface area contributed by atoms with Crippen molar-refractivity contribution in [1.82, 2.24) is 5.32 Å². The summed E-state index contributed by atoms with van der Waals surface area (Å²) in [5.41, 5.74) is 0. The maximum absolute atomic E-state index is 3.21. The summed E-state index contributed by atoms with van der Waals surface area (Å²) in [7, 11) is 2.02. The fourth-order valence-electron chi connectivity index (χ4n) is 1.04. The third-order valence-electron chi connectivity index (χ3n) is 1.54. The molecule has 0 amide bonds. The molecule has 7 heavy (non-hydrogen) atoms. The fourth-order valence-corrected chi connectivity index (χ4v) is 1.04. The van der Waals surface area contributed by atoms with Gasteiger partial charge in [-0.05, 0) is 26.3 Å². The molecule has 1 fully saturated rings. The maximum atomic E-state index is 3.21. The predicted molar refractivity (Wildman–Crippen MR) is 31.0 cm³/mol. The molecule has 1 rings (SSSR count). The van der Waals surface area contributed by atoms with E-state index in [0.717, 1.165) is 6.04 Å². The summed E-state index contributed by atoms with van der Waals surface area (Å²) >= 11 is 0. The molecule has 0 bridgehead atoms. The van der Waals surface area contributed by atoms with E-state index >= 15 is 0 Å². The van der Waals surface area contributed by atoms with Crippen LogP contribution in [0.3, 0.4) is 0 Å². The molecule has 0 spiro atoms. The number of hydrogen-bond donors (Lipinski definition) is 1. The van der Waals surface area contributed by atoms with Gasteiger partial charge in [-0.15, -0.1) is 0 Å². The minimum absolute atomic E-state index is 0.722. The highest BCUT2D eigenvalue weighted by Gasteiger charge is 2.11. The SMILES string of the molecule is CNC1[CH]CCC1. The van der Waals surface area contributed by atoms with Crippen LogP contribution in [0.5, 0.6) is 0 Å². The van der Waals surface area contributed by atoms with E-state index in [1.54, 1.807) is 0 Å². The lowest BCUT2D eigenvalue weighted by Gasteiger charge is -2.02. The molecule has 1 aliphatic carbocycles. The van der Waals surface area contributed by atoms with Gasteiger partial charge in [0.15, 0.2) is 0 Å². The van der Waals surface area contributed by atoms with Crippen molar-refractivity contribution >= 4 is 0 Å². The Labute approximate surface area is 45.1 Å². The number of nitrogens with one attached hydrogen (secondary N) is 1. The average Bonchev–Trinajstić information content (AvgIpc) is 2.14. The number of hydrogen-bond acceptors (Lipinski definition) is 1. The molecule has 0 aromatic carbocycles. The zero-order chi connectivity index (χ0) is 5.11. The molecule has 0 saturated heterocycles. The van der Waals surface area contributed by atoms with E-state index in [2.05, 4.69) is 11.7 Å². The zero-order valence-electron chi connectivity index (χ0n) is 4.78. The maximum Gasteiger partial charge on any atom is 0.00955 e. The van der Waals surface area contributed by atoms with E-state index in [-0.39, 0.29) is 0 Å². The van der Waals surface area contributed by atoms with Gasteiger partial charge in [0.1, 0.15) is 0 Å². The second-order valence-corrected chi connectivity index (χ2v) is 2.06. The van der Waals surface area contributed by atoms with Crippen LogP contribution in [-0.2, 0) is 0 Å². The van der Waals surface area contributed by atoms with Crippen molar-refractivity contribution in [2.45, 2.75) is 25.3 Å². The Morgan fingerprint density at radius 1 is 1.71 bits per heavy atom. The molecule has 1 unspecified atom stereocenters. The van der Waals surface area contributed by atoms with Crippen LogP contribution >= 0.6 is 0 Å². The molecule has 0 aliphatic heterocycles. The van der Waals surface area contributed by atoms with Gasteiger partial charge in [0.25, 0.3) is 0 Å². The second kappa shape index (κ2) is 2.31. The summed E-state index contributed by atoms with van der Waals surface area (Å²) in [5.74, 6) is 0. The van der Waals surface area contributed by atoms with Crippen LogP contribution in [0.4, 0.5) is 0 Å². The highest BCUT2D eigenvalue weighted by molar-refractivity contribution is 4.87. The Morgan fingerprint density at radius 2 is 2.57 bits per heavy atom. The zero-order valence-corrected chi connectivity index (χ0v) is 4.78. The third kappa shape index (κ3) is 1.16. The first-order chi connectivity index (χ1) is 3.43. The molecule has 0 aromatic rings. The van der Waals surface area contributed by atoms with Gasteiger partial charge < -0.3 is 5.32 Å². The van der Waals surface area contributed by atoms with Crippen molar-refractivity contribution < 1.29 is 0 Å². The van der Waals surface area contributed by atoms with Gasteiger partial charge in [0.2, 0.25) is 0 Å². The average molecular weight is 98.2 g/mol. The molecular formula is C6H12N. The summed E-state index contributed by atoms with van der Waals surface area (Å²) in [6.07, 6.45) is 6.38. The van der Waals surface area contributed by atoms with Crippen LogP contribution in [0.1, 0.15) is 19.3 Å². The Kier molecular flexibility index (Phi) is 1.69. The highest BCUT2D eigenvalue weighted by Crippen LogP contribution is 2.15. The molecule has 1 atom stereocenters. The van der Waals surface area contributed by atoms with Crippen molar-refractivity contribution in [3.8, 4) is 0 Å². The van der Waals surface area contributed by atoms with Crippen LogP contribution < -0.4 is 5.32 Å². The molecule has 1 radical (unpaired) electrons. The van der Waals surface area contributed by atoms with Crippen molar-refractivity contribution in [2.24, 2.45) is 0 Å². The normalized spacial score (nSPS) is 23.6. The highest BCUT2D eigenvalue weighted by atomic mass is 14.9. The van der Waals surface area contributed by atoms with Gasteiger partial charge in [0, 0.05) is 6.04 Å². The van der Waals surface area contributed by atoms with E-state index in [0.29, 0.717) is 0 Å². The van der Waals surface area contributed by atoms with Crippen LogP contribution in [-0.4, -0.2) is 13.1 Å². The third-order valence-corrected chi connectivity index (χ3v) is 1.54. The van der Waals surface area contributed by atoms with Crippen molar-refractivity contribution in [3.63, 3.8) is 0 Å². The first kappa shape index (κ1) is 5.10. The Morgan fingerprint density at radius 3 is 2.86 bits per heavy atom. The molecule has 1 N–H and O–H groups in total. The van der Waals surface area contributed by atoms with Gasteiger partial charge in [-0.3, -0.25) is 0 Å². The van der Waals surface area contributed by atoms with Gasteiger partial charge in [-0.2, -0.15) is 0 Å². The van der Waals surface area contributed by atoms with Crippen LogP contribution in [0.2, 0.25) is 0 Å². The molecule has 0 aromatic heterocycles. The van der Waals surface area contributed by atoms with Gasteiger partial charge in [-0.1, -0.05) is 6.42 Å². The van der Waals surface area contributed by atoms with Gasteiger partial charge in [-0.25, -0.2) is 0 Å². The Bertz CT molecular complexity index is 46.1. The van der Waals surface area contributed by atoms with Crippen molar-refractivity contribution in [1.29, 1.82) is 0 Å². The van der Waals surface area contributed by atoms with Crippen molar-refractivity contribution in [3.05, 3.63) is 6.42 Å². The Balaban J connectivity index is 2.14. The predicted octanol–water partition coefficient (Wildman–Crippen LogP) is 0.963. The molecule has 0 heterocycles. The lowest BCUT2D eigenvalue weighted by molar-refractivity contribution is 0.644. The standard InChI is InChI=1S/C6H12N/c1-7-6-4-2-3-5-6/h4,6-7H,2-3,5H2,1H3. The van der Waals surface area contributed by atoms with Crippen LogP contribution in [0.15, 0.2) is 0 Å². The van der Waals surface area contributed by atoms with Gasteiger partial charge in [0.05, 0.1) is 0 Å². The summed E-state index contributed by atoms with van der Waals surface area (Å²) in [4.78, 5) is 0. The van der Waals surface area contributed by atoms with Crippen LogP contribution in [0, 0.1) is 6.42 Å². The molecular weight excluding hydrogens is 86.1 g/mol. The quantitative estimate of drug-likeness (QED) is 0.515. The molecule has 41 valence electrons. The van der Waals surface area contributed by atoms with E-state index in [1.807, 2.05) is 7.05 Å². The molecule has 1 heteroatoms. The van der Waals surface area contributed by atoms with Crippen LogP contribution in [0.25, 0.3) is 0 Å². The monoisotopic (exact) mass is 98.1 g/mol. The second-order valence-electron chi connectivity index (χ2n) is 2.06. The van der Waals surface area contributed by atoms with Crippen molar-refractivity contribution in [2.75, 3.05) is 7.05 Å². The number of rotatable bonds is 1. The summed E-state index contributed by atoms with van der Waals surface area (Å²) < 4.78 is 0. The molecule has 1 nitrogen and oxygen atoms in total. The smallest absolute Gasteiger partial charge is 0.00955 e.